The third kappa shape index (κ3) is 4.15. The summed E-state index contributed by atoms with van der Waals surface area (Å²) in [6.45, 7) is 7.54. The van der Waals surface area contributed by atoms with Gasteiger partial charge in [0.25, 0.3) is 0 Å². The number of thiazole rings is 1. The van der Waals surface area contributed by atoms with Crippen LogP contribution in [0.1, 0.15) is 32.4 Å². The Bertz CT molecular complexity index is 583. The highest BCUT2D eigenvalue weighted by Crippen LogP contribution is 2.29. The number of sulfonamides is 1. The van der Waals surface area contributed by atoms with Gasteiger partial charge in [0.05, 0.1) is 11.8 Å². The van der Waals surface area contributed by atoms with Gasteiger partial charge in [0.2, 0.25) is 10.0 Å². The van der Waals surface area contributed by atoms with Crippen LogP contribution in [0.15, 0.2) is 4.21 Å². The molecule has 0 amide bonds. The van der Waals surface area contributed by atoms with Crippen molar-refractivity contribution < 1.29 is 13.2 Å². The molecule has 120 valence electrons. The fraction of sp³-hybridized carbons (Fsp3) is 0.769. The van der Waals surface area contributed by atoms with Crippen molar-refractivity contribution in [2.45, 2.75) is 43.9 Å². The second kappa shape index (κ2) is 6.60. The van der Waals surface area contributed by atoms with Gasteiger partial charge in [-0.2, -0.15) is 0 Å². The minimum absolute atomic E-state index is 0.130. The first-order valence-electron chi connectivity index (χ1n) is 7.14. The molecule has 3 N–H and O–H groups in total. The molecule has 0 aliphatic carbocycles. The fourth-order valence-corrected chi connectivity index (χ4v) is 4.63. The number of aromatic nitrogens is 1. The van der Waals surface area contributed by atoms with Crippen molar-refractivity contribution in [3.8, 4) is 0 Å². The summed E-state index contributed by atoms with van der Waals surface area (Å²) >= 11 is 1.09. The standard InChI is InChI=1S/C13H23N3O3S2/c1-8(2)11-10(5-4-6-19-11)7-15-13-16-9(3)12(20-13)21(14,17)18/h8,10-11H,4-7H2,1-3H3,(H,15,16)(H2,14,17,18). The van der Waals surface area contributed by atoms with Crippen LogP contribution in [-0.4, -0.2) is 32.7 Å². The van der Waals surface area contributed by atoms with Crippen molar-refractivity contribution in [3.05, 3.63) is 5.69 Å². The van der Waals surface area contributed by atoms with Crippen LogP contribution in [0.2, 0.25) is 0 Å². The predicted octanol–water partition coefficient (Wildman–Crippen LogP) is 1.96. The van der Waals surface area contributed by atoms with Gasteiger partial charge in [-0.05, 0) is 25.7 Å². The van der Waals surface area contributed by atoms with Gasteiger partial charge in [-0.15, -0.1) is 0 Å². The van der Waals surface area contributed by atoms with Gasteiger partial charge in [-0.3, -0.25) is 0 Å². The number of hydrogen-bond acceptors (Lipinski definition) is 6. The Kier molecular flexibility index (Phi) is 5.24. The first kappa shape index (κ1) is 16.7. The van der Waals surface area contributed by atoms with Crippen LogP contribution in [-0.2, 0) is 14.8 Å². The summed E-state index contributed by atoms with van der Waals surface area (Å²) in [5, 5.41) is 9.01. The maximum Gasteiger partial charge on any atom is 0.249 e. The maximum absolute atomic E-state index is 11.4. The predicted molar refractivity (Wildman–Crippen MR) is 84.0 cm³/mol. The van der Waals surface area contributed by atoms with Gasteiger partial charge in [0, 0.05) is 19.1 Å². The Labute approximate surface area is 130 Å². The van der Waals surface area contributed by atoms with E-state index in [0.29, 0.717) is 22.7 Å². The van der Waals surface area contributed by atoms with E-state index in [1.165, 1.54) is 0 Å². The molecule has 0 aromatic carbocycles. The van der Waals surface area contributed by atoms with Crippen molar-refractivity contribution in [2.24, 2.45) is 17.0 Å². The van der Waals surface area contributed by atoms with E-state index in [1.807, 2.05) is 0 Å². The normalized spacial score (nSPS) is 23.5. The van der Waals surface area contributed by atoms with Crippen LogP contribution >= 0.6 is 11.3 Å². The number of nitrogens with two attached hydrogens (primary N) is 1. The largest absolute Gasteiger partial charge is 0.378 e. The highest BCUT2D eigenvalue weighted by Gasteiger charge is 2.28. The van der Waals surface area contributed by atoms with E-state index < -0.39 is 10.0 Å². The quantitative estimate of drug-likeness (QED) is 0.859. The van der Waals surface area contributed by atoms with Crippen LogP contribution in [0.3, 0.4) is 0 Å². The molecule has 0 bridgehead atoms. The van der Waals surface area contributed by atoms with Gasteiger partial charge >= 0.3 is 0 Å². The molecule has 2 rings (SSSR count). The van der Waals surface area contributed by atoms with E-state index in [0.717, 1.165) is 37.3 Å². The zero-order chi connectivity index (χ0) is 15.6. The summed E-state index contributed by atoms with van der Waals surface area (Å²) in [6, 6.07) is 0. The van der Waals surface area contributed by atoms with Gasteiger partial charge in [-0.25, -0.2) is 18.5 Å². The molecule has 1 fully saturated rings. The van der Waals surface area contributed by atoms with E-state index in [4.69, 9.17) is 9.88 Å². The number of ether oxygens (including phenoxy) is 1. The van der Waals surface area contributed by atoms with Gasteiger partial charge < -0.3 is 10.1 Å². The molecule has 6 nitrogen and oxygen atoms in total. The number of rotatable bonds is 5. The molecule has 2 atom stereocenters. The molecular formula is C13H23N3O3S2. The van der Waals surface area contributed by atoms with Gasteiger partial charge in [-0.1, -0.05) is 25.2 Å². The summed E-state index contributed by atoms with van der Waals surface area (Å²) in [5.41, 5.74) is 0.449. The van der Waals surface area contributed by atoms with E-state index in [9.17, 15) is 8.42 Å². The Morgan fingerprint density at radius 3 is 2.81 bits per heavy atom. The van der Waals surface area contributed by atoms with E-state index in [-0.39, 0.29) is 10.3 Å². The zero-order valence-corrected chi connectivity index (χ0v) is 14.3. The SMILES string of the molecule is Cc1nc(NCC2CCCOC2C(C)C)sc1S(N)(=O)=O. The lowest BCUT2D eigenvalue weighted by atomic mass is 9.87. The van der Waals surface area contributed by atoms with Crippen molar-refractivity contribution in [1.29, 1.82) is 0 Å². The molecule has 0 saturated carbocycles. The number of anilines is 1. The maximum atomic E-state index is 11.4. The summed E-state index contributed by atoms with van der Waals surface area (Å²) in [5.74, 6) is 0.885. The second-order valence-corrected chi connectivity index (χ2v) is 8.56. The number of hydrogen-bond donors (Lipinski definition) is 2. The highest BCUT2D eigenvalue weighted by molar-refractivity contribution is 7.91. The first-order chi connectivity index (χ1) is 9.79. The second-order valence-electron chi connectivity index (χ2n) is 5.80. The molecule has 1 aromatic rings. The summed E-state index contributed by atoms with van der Waals surface area (Å²) in [7, 11) is -3.69. The van der Waals surface area contributed by atoms with E-state index in [1.54, 1.807) is 6.92 Å². The highest BCUT2D eigenvalue weighted by atomic mass is 32.2. The average Bonchev–Trinajstić information content (AvgIpc) is 2.78. The van der Waals surface area contributed by atoms with Gasteiger partial charge in [0.15, 0.2) is 9.34 Å². The van der Waals surface area contributed by atoms with Crippen LogP contribution in [0.25, 0.3) is 0 Å². The number of nitrogens with one attached hydrogen (secondary N) is 1. The molecule has 0 spiro atoms. The first-order valence-corrected chi connectivity index (χ1v) is 9.51. The third-order valence-corrected chi connectivity index (χ3v) is 6.35. The minimum Gasteiger partial charge on any atom is -0.378 e. The van der Waals surface area contributed by atoms with Crippen molar-refractivity contribution in [3.63, 3.8) is 0 Å². The number of nitrogens with zero attached hydrogens (tertiary/aromatic N) is 1. The van der Waals surface area contributed by atoms with E-state index >= 15 is 0 Å². The van der Waals surface area contributed by atoms with Crippen LogP contribution in [0, 0.1) is 18.8 Å². The smallest absolute Gasteiger partial charge is 0.249 e. The monoisotopic (exact) mass is 333 g/mol. The summed E-state index contributed by atoms with van der Waals surface area (Å²) < 4.78 is 28.8. The topological polar surface area (TPSA) is 94.3 Å². The Hall–Kier alpha value is -0.700. The lowest BCUT2D eigenvalue weighted by molar-refractivity contribution is -0.0480. The fourth-order valence-electron chi connectivity index (χ4n) is 2.76. The Balaban J connectivity index is 2.02. The Morgan fingerprint density at radius 1 is 1.52 bits per heavy atom. The molecule has 2 unspecified atom stereocenters. The molecule has 2 heterocycles. The summed E-state index contributed by atoms with van der Waals surface area (Å²) in [6.07, 6.45) is 2.42. The molecule has 21 heavy (non-hydrogen) atoms. The van der Waals surface area contributed by atoms with Crippen molar-refractivity contribution in [2.75, 3.05) is 18.5 Å². The third-order valence-electron chi connectivity index (χ3n) is 3.68. The molecular weight excluding hydrogens is 310 g/mol. The zero-order valence-electron chi connectivity index (χ0n) is 12.6. The van der Waals surface area contributed by atoms with Crippen LogP contribution in [0.4, 0.5) is 5.13 Å². The summed E-state index contributed by atoms with van der Waals surface area (Å²) in [4.78, 5) is 4.24. The molecule has 1 aliphatic heterocycles. The van der Waals surface area contributed by atoms with Gasteiger partial charge in [0.1, 0.15) is 0 Å². The molecule has 8 heteroatoms. The average molecular weight is 333 g/mol. The lowest BCUT2D eigenvalue weighted by Gasteiger charge is -2.34. The number of primary sulfonamides is 1. The molecule has 1 aliphatic rings. The van der Waals surface area contributed by atoms with E-state index in [2.05, 4.69) is 24.1 Å². The molecule has 1 saturated heterocycles. The molecule has 1 aromatic heterocycles. The van der Waals surface area contributed by atoms with Crippen LogP contribution < -0.4 is 10.5 Å². The lowest BCUT2D eigenvalue weighted by Crippen LogP contribution is -2.37. The van der Waals surface area contributed by atoms with Crippen LogP contribution in [0.5, 0.6) is 0 Å². The van der Waals surface area contributed by atoms with Crippen molar-refractivity contribution in [1.82, 2.24) is 4.98 Å². The minimum atomic E-state index is -3.69. The van der Waals surface area contributed by atoms with Crippen molar-refractivity contribution >= 4 is 26.5 Å². The number of aryl methyl sites for hydroxylation is 1. The molecule has 0 radical (unpaired) electrons. The Morgan fingerprint density at radius 2 is 2.24 bits per heavy atom.